The molecule has 7 aliphatic rings. The van der Waals surface area contributed by atoms with Crippen LogP contribution in [0.4, 0.5) is 0 Å². The van der Waals surface area contributed by atoms with Gasteiger partial charge >= 0.3 is 314 Å². The molecule has 2 bridgehead atoms. The summed E-state index contributed by atoms with van der Waals surface area (Å²) in [6.45, 7) is 3.92. The number of aliphatic hydroxyl groups is 1. The number of rotatable bonds is 9. The van der Waals surface area contributed by atoms with Gasteiger partial charge in [0.25, 0.3) is 0 Å². The minimum atomic E-state index is -1.37. The van der Waals surface area contributed by atoms with Crippen LogP contribution in [-0.4, -0.2) is 113 Å². The predicted molar refractivity (Wildman–Crippen MR) is 221 cm³/mol. The Morgan fingerprint density at radius 3 is 2.26 bits per heavy atom. The van der Waals surface area contributed by atoms with E-state index in [1.165, 1.54) is 17.6 Å². The Kier molecular flexibility index (Phi) is 11.1. The number of fused-ring (bicyclic) bond motifs is 6. The van der Waals surface area contributed by atoms with Gasteiger partial charge in [-0.2, -0.15) is 0 Å². The second-order valence-corrected chi connectivity index (χ2v) is 19.7. The number of hydrogen-bond donors (Lipinski definition) is 1. The molecule has 6 heterocycles. The fraction of sp³-hybridized carbons (Fsp3) is 0.479. The van der Waals surface area contributed by atoms with Crippen LogP contribution in [0.5, 0.6) is 5.75 Å². The maximum absolute atomic E-state index is 14.3. The number of benzene rings is 3. The maximum atomic E-state index is 14.3. The molecular formula is C48H50O13Se. The molecule has 0 radical (unpaired) electrons. The van der Waals surface area contributed by atoms with Crippen LogP contribution in [0.25, 0.3) is 0 Å². The third-order valence-corrected chi connectivity index (χ3v) is 16.3. The molecule has 1 saturated carbocycles. The van der Waals surface area contributed by atoms with Crippen molar-refractivity contribution in [3.05, 3.63) is 125 Å². The number of aliphatic hydroxyl groups excluding tert-OH is 1. The third-order valence-electron chi connectivity index (χ3n) is 14.0. The van der Waals surface area contributed by atoms with E-state index in [4.69, 9.17) is 47.4 Å². The van der Waals surface area contributed by atoms with Gasteiger partial charge in [-0.1, -0.05) is 30.3 Å². The van der Waals surface area contributed by atoms with Gasteiger partial charge in [0, 0.05) is 5.56 Å². The molecule has 326 valence electrons. The summed E-state index contributed by atoms with van der Waals surface area (Å²) in [6.07, 6.45) is -2.03. The average molecular weight is 914 g/mol. The molecule has 10 rings (SSSR count). The second kappa shape index (κ2) is 16.4. The Labute approximate surface area is 366 Å². The standard InChI is InChI=1S/C48H50O13Se/c1-27(33-22-38(62-32-13-9-6-10-14-32)60-45-48(33)36(24-54-45)59-43(61-48)30-15-17-31(52-3)18-16-30)21-28(2)39(50)40-41-46(20-19-37(49)55-25-46)34-23-35(47(41,26-56-40)44(51)53-4)58-42(57-34)29-11-7-5-8-12-29/h5-20,33-36,38-43,45,50H,22-26H2,1-4H3/t21?,33-,34+,35-,36-,38?,39?,40?,41-,42+,43?,45+,46-,47+,48-/m1/s1. The molecule has 62 heavy (non-hydrogen) atoms. The van der Waals surface area contributed by atoms with Crippen molar-refractivity contribution in [2.45, 2.75) is 86.7 Å². The second-order valence-electron chi connectivity index (χ2n) is 17.2. The fourth-order valence-electron chi connectivity index (χ4n) is 11.0. The number of cyclic esters (lactones) is 1. The van der Waals surface area contributed by atoms with Crippen LogP contribution in [0.3, 0.4) is 0 Å². The molecule has 1 N–H and O–H groups in total. The Morgan fingerprint density at radius 1 is 0.839 bits per heavy atom. The summed E-state index contributed by atoms with van der Waals surface area (Å²) in [4.78, 5) is 27.0. The topological polar surface area (TPSA) is 147 Å². The number of carbonyl (C=O) groups excluding carboxylic acids is 2. The first-order chi connectivity index (χ1) is 30.1. The van der Waals surface area contributed by atoms with Crippen molar-refractivity contribution in [2.75, 3.05) is 34.0 Å². The number of ether oxygens (including phenoxy) is 10. The monoisotopic (exact) mass is 914 g/mol. The summed E-state index contributed by atoms with van der Waals surface area (Å²) >= 11 is -0.0567. The minimum absolute atomic E-state index is 0.0567. The minimum Gasteiger partial charge on any atom is -0.0622 e. The van der Waals surface area contributed by atoms with Crippen LogP contribution < -0.4 is 9.20 Å². The van der Waals surface area contributed by atoms with Crippen molar-refractivity contribution in [2.24, 2.45) is 22.7 Å². The number of hydrogen-bond acceptors (Lipinski definition) is 13. The zero-order valence-corrected chi connectivity index (χ0v) is 36.6. The Balaban J connectivity index is 1.02. The van der Waals surface area contributed by atoms with Gasteiger partial charge in [0.15, 0.2) is 6.29 Å². The molecule has 3 aromatic rings. The molecule has 0 aromatic heterocycles. The van der Waals surface area contributed by atoms with Crippen LogP contribution >= 0.6 is 0 Å². The smallest absolute Gasteiger partial charge is 0.0622 e. The van der Waals surface area contributed by atoms with E-state index in [9.17, 15) is 14.7 Å². The zero-order chi connectivity index (χ0) is 42.8. The van der Waals surface area contributed by atoms with E-state index < -0.39 is 83.7 Å². The van der Waals surface area contributed by atoms with E-state index in [1.807, 2.05) is 86.6 Å². The number of carbonyl (C=O) groups is 2. The quantitative estimate of drug-likeness (QED) is 0.181. The summed E-state index contributed by atoms with van der Waals surface area (Å²) in [7, 11) is 2.97. The van der Waals surface area contributed by atoms with Crippen molar-refractivity contribution in [1.82, 2.24) is 0 Å². The molecule has 14 atom stereocenters. The molecule has 4 unspecified atom stereocenters. The van der Waals surface area contributed by atoms with Gasteiger partial charge < -0.3 is 0 Å². The van der Waals surface area contributed by atoms with Gasteiger partial charge in [0.05, 0.1) is 7.11 Å². The van der Waals surface area contributed by atoms with Gasteiger partial charge in [0.2, 0.25) is 0 Å². The van der Waals surface area contributed by atoms with Crippen LogP contribution in [0.2, 0.25) is 0 Å². The number of esters is 2. The summed E-state index contributed by atoms with van der Waals surface area (Å²) in [6, 6.07) is 27.4. The van der Waals surface area contributed by atoms with E-state index in [0.29, 0.717) is 18.4 Å². The van der Waals surface area contributed by atoms with E-state index in [-0.39, 0.29) is 45.7 Å². The van der Waals surface area contributed by atoms with Crippen LogP contribution in [0.15, 0.2) is 114 Å². The SMILES string of the molecule is COC(=O)[C@]12COC(C(O)C(C)=C=C(C)[C@H]3CC([Se]c4ccccc4)O[C@@H]4OC[C@H]5OC(c6ccc(OC)cc6)O[C@]435)[C@@H]1[C@@]1(C=CC(=O)OC1)[C@@H]1C[C@H]2O[C@@H](c2ccccc2)O1. The van der Waals surface area contributed by atoms with Crippen molar-refractivity contribution in [3.8, 4) is 5.75 Å². The van der Waals surface area contributed by atoms with E-state index >= 15 is 0 Å². The molecule has 2 spiro atoms. The summed E-state index contributed by atoms with van der Waals surface area (Å²) in [5.41, 5.74) is 3.08. The van der Waals surface area contributed by atoms with E-state index in [1.54, 1.807) is 13.2 Å². The molecular weight excluding hydrogens is 863 g/mol. The van der Waals surface area contributed by atoms with Crippen LogP contribution in [-0.2, 0) is 52.2 Å². The Bertz CT molecular complexity index is 2260. The summed E-state index contributed by atoms with van der Waals surface area (Å²) in [5.74, 6) is -1.37. The van der Waals surface area contributed by atoms with Crippen molar-refractivity contribution < 1.29 is 62.1 Å². The van der Waals surface area contributed by atoms with Crippen molar-refractivity contribution >= 4 is 31.4 Å². The van der Waals surface area contributed by atoms with Crippen LogP contribution in [0.1, 0.15) is 50.4 Å². The average Bonchev–Trinajstić information content (AvgIpc) is 4.00. The molecule has 1 aliphatic carbocycles. The molecule has 0 amide bonds. The van der Waals surface area contributed by atoms with Gasteiger partial charge in [-0.25, -0.2) is 4.79 Å². The molecule has 5 saturated heterocycles. The first kappa shape index (κ1) is 41.8. The zero-order valence-electron chi connectivity index (χ0n) is 34.9. The Morgan fingerprint density at radius 2 is 1.55 bits per heavy atom. The summed E-state index contributed by atoms with van der Waals surface area (Å²) < 4.78 is 64.7. The van der Waals surface area contributed by atoms with Gasteiger partial charge in [0.1, 0.15) is 0 Å². The summed E-state index contributed by atoms with van der Waals surface area (Å²) in [5, 5.41) is 12.4. The first-order valence-corrected chi connectivity index (χ1v) is 22.9. The van der Waals surface area contributed by atoms with Gasteiger partial charge in [-0.15, -0.1) is 0 Å². The van der Waals surface area contributed by atoms with Gasteiger partial charge in [-0.3, -0.25) is 0 Å². The van der Waals surface area contributed by atoms with E-state index in [0.717, 1.165) is 22.4 Å². The Hall–Kier alpha value is -4.14. The molecule has 6 fully saturated rings. The predicted octanol–water partition coefficient (Wildman–Crippen LogP) is 4.61. The number of methoxy groups -OCH3 is 2. The fourth-order valence-corrected chi connectivity index (χ4v) is 13.3. The molecule has 6 aliphatic heterocycles. The van der Waals surface area contributed by atoms with Crippen molar-refractivity contribution in [1.29, 1.82) is 0 Å². The van der Waals surface area contributed by atoms with Gasteiger partial charge in [-0.05, 0) is 0 Å². The molecule has 13 nitrogen and oxygen atoms in total. The first-order valence-electron chi connectivity index (χ1n) is 21.1. The van der Waals surface area contributed by atoms with Crippen LogP contribution in [0, 0.1) is 22.7 Å². The molecule has 14 heteroatoms. The van der Waals surface area contributed by atoms with E-state index in [2.05, 4.69) is 17.9 Å². The normalized spacial score (nSPS) is 38.2. The third kappa shape index (κ3) is 6.75. The van der Waals surface area contributed by atoms with Crippen molar-refractivity contribution in [3.63, 3.8) is 0 Å². The molecule has 3 aromatic carbocycles.